The van der Waals surface area contributed by atoms with Gasteiger partial charge >= 0.3 is 12.3 Å². The minimum atomic E-state index is -4.62. The molecule has 20 heavy (non-hydrogen) atoms. The second kappa shape index (κ2) is 4.64. The first-order valence-electron chi connectivity index (χ1n) is 5.91. The zero-order valence-electron chi connectivity index (χ0n) is 10.8. The molecule has 1 fully saturated rings. The van der Waals surface area contributed by atoms with Crippen molar-refractivity contribution in [3.8, 4) is 0 Å². The van der Waals surface area contributed by atoms with Gasteiger partial charge in [0.05, 0.1) is 11.6 Å². The Bertz CT molecular complexity index is 540. The van der Waals surface area contributed by atoms with Crippen molar-refractivity contribution in [2.75, 3.05) is 6.61 Å². The van der Waals surface area contributed by atoms with Crippen molar-refractivity contribution in [3.05, 3.63) is 35.1 Å². The third-order valence-electron chi connectivity index (χ3n) is 3.25. The fraction of sp³-hybridized carbons (Fsp3) is 0.462. The van der Waals surface area contributed by atoms with Crippen molar-refractivity contribution < 1.29 is 27.1 Å². The number of hydrogen-bond donors (Lipinski definition) is 1. The molecule has 0 aliphatic carbocycles. The summed E-state index contributed by atoms with van der Waals surface area (Å²) < 4.78 is 57.2. The molecule has 0 unspecified atom stereocenters. The molecule has 1 atom stereocenters. The minimum absolute atomic E-state index is 0.0443. The molecule has 1 saturated heterocycles. The van der Waals surface area contributed by atoms with E-state index in [1.165, 1.54) is 0 Å². The average Bonchev–Trinajstić information content (AvgIpc) is 2.30. The lowest BCUT2D eigenvalue weighted by Crippen LogP contribution is -2.47. The van der Waals surface area contributed by atoms with Crippen LogP contribution in [0.15, 0.2) is 18.2 Å². The molecule has 1 amide bonds. The highest BCUT2D eigenvalue weighted by atomic mass is 19.4. The third-order valence-corrected chi connectivity index (χ3v) is 3.25. The second-order valence-corrected chi connectivity index (χ2v) is 5.37. The van der Waals surface area contributed by atoms with E-state index in [4.69, 9.17) is 4.74 Å². The van der Waals surface area contributed by atoms with Crippen LogP contribution in [0.25, 0.3) is 0 Å². The van der Waals surface area contributed by atoms with E-state index in [9.17, 15) is 22.4 Å². The van der Waals surface area contributed by atoms with Gasteiger partial charge in [-0.2, -0.15) is 13.2 Å². The largest absolute Gasteiger partial charge is 0.449 e. The minimum Gasteiger partial charge on any atom is -0.449 e. The molecule has 110 valence electrons. The Kier molecular flexibility index (Phi) is 3.39. The first kappa shape index (κ1) is 14.6. The van der Waals surface area contributed by atoms with Crippen LogP contribution in [0.1, 0.15) is 31.0 Å². The first-order chi connectivity index (χ1) is 9.11. The standard InChI is InChI=1S/C13H13F4NO2/c1-12(2)6-20-11(19)18-10(12)8-5-7(14)3-4-9(8)13(15,16)17/h3-5,10H,6H2,1-2H3,(H,18,19)/t10-/m1/s1. The van der Waals surface area contributed by atoms with Crippen molar-refractivity contribution in [1.29, 1.82) is 0 Å². The van der Waals surface area contributed by atoms with Crippen molar-refractivity contribution in [1.82, 2.24) is 5.32 Å². The van der Waals surface area contributed by atoms with Crippen LogP contribution in [0.2, 0.25) is 0 Å². The predicted octanol–water partition coefficient (Wildman–Crippen LogP) is 3.65. The number of alkyl carbamates (subject to hydrolysis) is 1. The summed E-state index contributed by atoms with van der Waals surface area (Å²) in [7, 11) is 0. The molecule has 3 nitrogen and oxygen atoms in total. The quantitative estimate of drug-likeness (QED) is 0.802. The summed E-state index contributed by atoms with van der Waals surface area (Å²) in [5.41, 5.74) is -2.04. The maximum absolute atomic E-state index is 13.3. The molecule has 0 bridgehead atoms. The van der Waals surface area contributed by atoms with E-state index < -0.39 is 35.1 Å². The van der Waals surface area contributed by atoms with Gasteiger partial charge in [-0.25, -0.2) is 9.18 Å². The molecular weight excluding hydrogens is 278 g/mol. The van der Waals surface area contributed by atoms with E-state index in [1.807, 2.05) is 0 Å². The Balaban J connectivity index is 2.55. The van der Waals surface area contributed by atoms with E-state index in [1.54, 1.807) is 13.8 Å². The van der Waals surface area contributed by atoms with Gasteiger partial charge in [-0.1, -0.05) is 13.8 Å². The number of hydrogen-bond acceptors (Lipinski definition) is 2. The van der Waals surface area contributed by atoms with Crippen LogP contribution in [-0.2, 0) is 10.9 Å². The normalized spacial score (nSPS) is 22.1. The number of carbonyl (C=O) groups excluding carboxylic acids is 1. The smallest absolute Gasteiger partial charge is 0.416 e. The maximum Gasteiger partial charge on any atom is 0.416 e. The van der Waals surface area contributed by atoms with Crippen LogP contribution >= 0.6 is 0 Å². The molecule has 7 heteroatoms. The Morgan fingerprint density at radius 2 is 2.00 bits per heavy atom. The van der Waals surface area contributed by atoms with Gasteiger partial charge in [0, 0.05) is 5.41 Å². The number of amides is 1. The van der Waals surface area contributed by atoms with Crippen LogP contribution in [-0.4, -0.2) is 12.7 Å². The average molecular weight is 291 g/mol. The number of nitrogens with one attached hydrogen (secondary N) is 1. The number of rotatable bonds is 1. The van der Waals surface area contributed by atoms with Crippen molar-refractivity contribution in [2.45, 2.75) is 26.1 Å². The van der Waals surface area contributed by atoms with Gasteiger partial charge in [0.25, 0.3) is 0 Å². The summed E-state index contributed by atoms with van der Waals surface area (Å²) in [5, 5.41) is 2.33. The SMILES string of the molecule is CC1(C)COC(=O)N[C@@H]1c1cc(F)ccc1C(F)(F)F. The zero-order valence-corrected chi connectivity index (χ0v) is 10.8. The predicted molar refractivity (Wildman–Crippen MR) is 62.4 cm³/mol. The van der Waals surface area contributed by atoms with E-state index in [0.29, 0.717) is 6.07 Å². The van der Waals surface area contributed by atoms with E-state index in [-0.39, 0.29) is 12.2 Å². The number of alkyl halides is 3. The molecule has 0 spiro atoms. The van der Waals surface area contributed by atoms with Crippen LogP contribution in [0.4, 0.5) is 22.4 Å². The number of halogens is 4. The summed E-state index contributed by atoms with van der Waals surface area (Å²) in [6.07, 6.45) is -5.44. The molecule has 1 aliphatic rings. The van der Waals surface area contributed by atoms with Gasteiger partial charge in [-0.3, -0.25) is 0 Å². The number of cyclic esters (lactones) is 1. The Hall–Kier alpha value is -1.79. The lowest BCUT2D eigenvalue weighted by Gasteiger charge is -2.39. The zero-order chi connectivity index (χ0) is 15.1. The molecule has 1 heterocycles. The number of benzene rings is 1. The molecule has 0 radical (unpaired) electrons. The second-order valence-electron chi connectivity index (χ2n) is 5.37. The number of carbonyl (C=O) groups is 1. The summed E-state index contributed by atoms with van der Waals surface area (Å²) >= 11 is 0. The molecule has 2 rings (SSSR count). The maximum atomic E-state index is 13.3. The Morgan fingerprint density at radius 1 is 1.35 bits per heavy atom. The highest BCUT2D eigenvalue weighted by Gasteiger charge is 2.43. The highest BCUT2D eigenvalue weighted by molar-refractivity contribution is 5.69. The molecule has 1 aromatic carbocycles. The van der Waals surface area contributed by atoms with Gasteiger partial charge in [0.15, 0.2) is 0 Å². The molecule has 0 saturated carbocycles. The summed E-state index contributed by atoms with van der Waals surface area (Å²) in [5.74, 6) is -0.787. The Morgan fingerprint density at radius 3 is 2.60 bits per heavy atom. The monoisotopic (exact) mass is 291 g/mol. The molecule has 1 aromatic rings. The van der Waals surface area contributed by atoms with Gasteiger partial charge in [0.2, 0.25) is 0 Å². The first-order valence-corrected chi connectivity index (χ1v) is 5.91. The summed E-state index contributed by atoms with van der Waals surface area (Å²) in [6, 6.07) is 1.26. The fourth-order valence-corrected chi connectivity index (χ4v) is 2.22. The topological polar surface area (TPSA) is 38.3 Å². The van der Waals surface area contributed by atoms with Crippen LogP contribution in [0, 0.1) is 11.2 Å². The Labute approximate surface area is 112 Å². The number of ether oxygens (including phenoxy) is 1. The van der Waals surface area contributed by atoms with Crippen molar-refractivity contribution in [3.63, 3.8) is 0 Å². The lowest BCUT2D eigenvalue weighted by molar-refractivity contribution is -0.139. The van der Waals surface area contributed by atoms with Crippen molar-refractivity contribution >= 4 is 6.09 Å². The van der Waals surface area contributed by atoms with E-state index >= 15 is 0 Å². The van der Waals surface area contributed by atoms with Crippen LogP contribution < -0.4 is 5.32 Å². The van der Waals surface area contributed by atoms with E-state index in [0.717, 1.165) is 12.1 Å². The van der Waals surface area contributed by atoms with Crippen LogP contribution in [0.5, 0.6) is 0 Å². The molecule has 0 aromatic heterocycles. The molecule has 1 N–H and O–H groups in total. The van der Waals surface area contributed by atoms with Crippen LogP contribution in [0.3, 0.4) is 0 Å². The molecule has 1 aliphatic heterocycles. The fourth-order valence-electron chi connectivity index (χ4n) is 2.22. The van der Waals surface area contributed by atoms with Gasteiger partial charge in [-0.15, -0.1) is 0 Å². The van der Waals surface area contributed by atoms with Gasteiger partial charge in [-0.05, 0) is 23.8 Å². The summed E-state index contributed by atoms with van der Waals surface area (Å²) in [4.78, 5) is 11.3. The highest BCUT2D eigenvalue weighted by Crippen LogP contribution is 2.42. The van der Waals surface area contributed by atoms with Gasteiger partial charge in [0.1, 0.15) is 12.4 Å². The van der Waals surface area contributed by atoms with Crippen molar-refractivity contribution in [2.24, 2.45) is 5.41 Å². The lowest BCUT2D eigenvalue weighted by atomic mass is 9.78. The van der Waals surface area contributed by atoms with Gasteiger partial charge < -0.3 is 10.1 Å². The third kappa shape index (κ3) is 2.71. The summed E-state index contributed by atoms with van der Waals surface area (Å²) in [6.45, 7) is 3.24. The molecular formula is C13H13F4NO2. The van der Waals surface area contributed by atoms with E-state index in [2.05, 4.69) is 5.32 Å².